The summed E-state index contributed by atoms with van der Waals surface area (Å²) in [6.45, 7) is 2.51. The number of carbonyl (C=O) groups is 2. The van der Waals surface area contributed by atoms with E-state index in [1.165, 1.54) is 0 Å². The van der Waals surface area contributed by atoms with Gasteiger partial charge in [-0.3, -0.25) is 9.59 Å². The van der Waals surface area contributed by atoms with Gasteiger partial charge in [0, 0.05) is 13.7 Å². The van der Waals surface area contributed by atoms with E-state index in [2.05, 4.69) is 5.32 Å². The van der Waals surface area contributed by atoms with Crippen LogP contribution in [0.5, 0.6) is 0 Å². The van der Waals surface area contributed by atoms with Crippen molar-refractivity contribution < 1.29 is 19.4 Å². The van der Waals surface area contributed by atoms with Crippen LogP contribution in [0.3, 0.4) is 0 Å². The van der Waals surface area contributed by atoms with Crippen molar-refractivity contribution in [3.05, 3.63) is 0 Å². The zero-order valence-corrected chi connectivity index (χ0v) is 11.6. The van der Waals surface area contributed by atoms with Crippen LogP contribution >= 0.6 is 0 Å². The number of carbonyl (C=O) groups excluding carboxylic acids is 1. The van der Waals surface area contributed by atoms with Crippen LogP contribution in [-0.4, -0.2) is 36.2 Å². The molecule has 0 aliphatic heterocycles. The largest absolute Gasteiger partial charge is 0.481 e. The van der Waals surface area contributed by atoms with Crippen LogP contribution in [0.25, 0.3) is 0 Å². The molecule has 0 spiro atoms. The molecule has 1 unspecified atom stereocenters. The van der Waals surface area contributed by atoms with Crippen molar-refractivity contribution in [1.82, 2.24) is 5.32 Å². The highest BCUT2D eigenvalue weighted by atomic mass is 16.5. The van der Waals surface area contributed by atoms with E-state index in [0.717, 1.165) is 19.3 Å². The number of amides is 1. The van der Waals surface area contributed by atoms with Gasteiger partial charge in [-0.15, -0.1) is 0 Å². The Morgan fingerprint density at radius 2 is 1.95 bits per heavy atom. The van der Waals surface area contributed by atoms with E-state index in [0.29, 0.717) is 25.3 Å². The highest BCUT2D eigenvalue weighted by Gasteiger charge is 2.43. The summed E-state index contributed by atoms with van der Waals surface area (Å²) in [7, 11) is 1.67. The maximum atomic E-state index is 12.2. The van der Waals surface area contributed by atoms with Crippen molar-refractivity contribution in [2.24, 2.45) is 17.8 Å². The lowest BCUT2D eigenvalue weighted by molar-refractivity contribution is -0.146. The van der Waals surface area contributed by atoms with Crippen molar-refractivity contribution in [3.63, 3.8) is 0 Å². The minimum atomic E-state index is -0.852. The zero-order chi connectivity index (χ0) is 14.0. The number of carboxylic acids is 1. The summed E-state index contributed by atoms with van der Waals surface area (Å²) in [5, 5.41) is 12.1. The molecule has 2 fully saturated rings. The number of hydrogen-bond acceptors (Lipinski definition) is 3. The van der Waals surface area contributed by atoms with Gasteiger partial charge in [0.1, 0.15) is 0 Å². The fourth-order valence-electron chi connectivity index (χ4n) is 3.26. The van der Waals surface area contributed by atoms with Crippen LogP contribution in [0.1, 0.15) is 39.0 Å². The van der Waals surface area contributed by atoms with Gasteiger partial charge >= 0.3 is 5.97 Å². The molecule has 0 aromatic rings. The highest BCUT2D eigenvalue weighted by Crippen LogP contribution is 2.37. The summed E-state index contributed by atoms with van der Waals surface area (Å²) in [5.41, 5.74) is -0.210. The predicted octanol–water partition coefficient (Wildman–Crippen LogP) is 1.42. The number of rotatable bonds is 5. The van der Waals surface area contributed by atoms with Gasteiger partial charge < -0.3 is 15.2 Å². The molecule has 2 rings (SSSR count). The molecule has 2 saturated carbocycles. The van der Waals surface area contributed by atoms with E-state index in [4.69, 9.17) is 4.74 Å². The van der Waals surface area contributed by atoms with Crippen molar-refractivity contribution in [2.75, 3.05) is 13.7 Å². The molecule has 5 heteroatoms. The molecule has 0 bridgehead atoms. The fraction of sp³-hybridized carbons (Fsp3) is 0.857. The van der Waals surface area contributed by atoms with E-state index in [9.17, 15) is 14.7 Å². The normalized spacial score (nSPS) is 32.6. The van der Waals surface area contributed by atoms with Crippen molar-refractivity contribution >= 4 is 11.9 Å². The van der Waals surface area contributed by atoms with Gasteiger partial charge in [-0.25, -0.2) is 0 Å². The Morgan fingerprint density at radius 1 is 1.32 bits per heavy atom. The molecule has 0 aromatic carbocycles. The Labute approximate surface area is 113 Å². The number of carboxylic acid groups (broad SMARTS) is 1. The third kappa shape index (κ3) is 2.91. The molecule has 5 nitrogen and oxygen atoms in total. The van der Waals surface area contributed by atoms with Crippen LogP contribution in [0.15, 0.2) is 0 Å². The minimum absolute atomic E-state index is 0.125. The Bertz CT molecular complexity index is 359. The quantitative estimate of drug-likeness (QED) is 0.791. The van der Waals surface area contributed by atoms with Crippen LogP contribution < -0.4 is 5.32 Å². The predicted molar refractivity (Wildman–Crippen MR) is 69.6 cm³/mol. The number of nitrogens with one attached hydrogen (secondary N) is 1. The smallest absolute Gasteiger partial charge is 0.307 e. The number of methoxy groups -OCH3 is 1. The molecule has 108 valence electrons. The van der Waals surface area contributed by atoms with Crippen molar-refractivity contribution in [3.8, 4) is 0 Å². The Hall–Kier alpha value is -1.10. The van der Waals surface area contributed by atoms with Crippen LogP contribution in [0.2, 0.25) is 0 Å². The van der Waals surface area contributed by atoms with Crippen LogP contribution in [0.4, 0.5) is 0 Å². The molecular weight excluding hydrogens is 246 g/mol. The Morgan fingerprint density at radius 3 is 2.42 bits per heavy atom. The zero-order valence-electron chi connectivity index (χ0n) is 11.6. The molecule has 19 heavy (non-hydrogen) atoms. The van der Waals surface area contributed by atoms with Crippen LogP contribution in [-0.2, 0) is 14.3 Å². The number of ether oxygens (including phenoxy) is 1. The average Bonchev–Trinajstić information content (AvgIpc) is 2.70. The molecule has 3 atom stereocenters. The van der Waals surface area contributed by atoms with E-state index >= 15 is 0 Å². The van der Waals surface area contributed by atoms with Gasteiger partial charge in [0.25, 0.3) is 0 Å². The van der Waals surface area contributed by atoms with E-state index in [1.807, 2.05) is 6.92 Å². The molecule has 0 radical (unpaired) electrons. The maximum Gasteiger partial charge on any atom is 0.307 e. The van der Waals surface area contributed by atoms with Gasteiger partial charge in [0.15, 0.2) is 0 Å². The van der Waals surface area contributed by atoms with Gasteiger partial charge in [-0.1, -0.05) is 6.92 Å². The molecular formula is C14H23NO4. The Kier molecular flexibility index (Phi) is 4.13. The minimum Gasteiger partial charge on any atom is -0.481 e. The van der Waals surface area contributed by atoms with Gasteiger partial charge in [0.05, 0.1) is 17.4 Å². The average molecular weight is 269 g/mol. The molecule has 1 amide bonds. The van der Waals surface area contributed by atoms with Crippen molar-refractivity contribution in [2.45, 2.75) is 44.6 Å². The molecule has 0 saturated heterocycles. The summed E-state index contributed by atoms with van der Waals surface area (Å²) in [6.07, 6.45) is 4.33. The third-order valence-electron chi connectivity index (χ3n) is 4.73. The summed E-state index contributed by atoms with van der Waals surface area (Å²) in [5.74, 6) is -1.59. The first-order valence-electron chi connectivity index (χ1n) is 7.03. The lowest BCUT2D eigenvalue weighted by Gasteiger charge is -2.40. The van der Waals surface area contributed by atoms with Gasteiger partial charge in [0.2, 0.25) is 5.91 Å². The molecule has 2 N–H and O–H groups in total. The SMILES string of the molecule is COC1(CNC(=O)[C@H]2CC(C)C[C@H]2C(=O)O)CCC1. The molecule has 0 aromatic heterocycles. The van der Waals surface area contributed by atoms with E-state index < -0.39 is 11.9 Å². The molecule has 2 aliphatic carbocycles. The highest BCUT2D eigenvalue weighted by molar-refractivity contribution is 5.85. The molecule has 0 heterocycles. The first kappa shape index (κ1) is 14.3. The second-order valence-electron chi connectivity index (χ2n) is 6.09. The lowest BCUT2D eigenvalue weighted by atomic mass is 9.80. The number of hydrogen-bond donors (Lipinski definition) is 2. The topological polar surface area (TPSA) is 75.6 Å². The summed E-state index contributed by atoms with van der Waals surface area (Å²) in [4.78, 5) is 23.4. The monoisotopic (exact) mass is 269 g/mol. The number of aliphatic carboxylic acids is 1. The molecule has 2 aliphatic rings. The van der Waals surface area contributed by atoms with Crippen LogP contribution in [0, 0.1) is 17.8 Å². The van der Waals surface area contributed by atoms with E-state index in [-0.39, 0.29) is 17.4 Å². The van der Waals surface area contributed by atoms with Crippen molar-refractivity contribution in [1.29, 1.82) is 0 Å². The second kappa shape index (κ2) is 5.49. The summed E-state index contributed by atoms with van der Waals surface area (Å²) < 4.78 is 5.45. The lowest BCUT2D eigenvalue weighted by Crippen LogP contribution is -2.50. The standard InChI is InChI=1S/C14H23NO4/c1-9-6-10(11(7-9)13(17)18)12(16)15-8-14(19-2)4-3-5-14/h9-11H,3-8H2,1-2H3,(H,15,16)(H,17,18)/t9?,10-,11+/m0/s1. The maximum absolute atomic E-state index is 12.2. The summed E-state index contributed by atoms with van der Waals surface area (Å²) >= 11 is 0. The first-order valence-corrected chi connectivity index (χ1v) is 7.03. The van der Waals surface area contributed by atoms with Gasteiger partial charge in [-0.2, -0.15) is 0 Å². The first-order chi connectivity index (χ1) is 8.97. The second-order valence-corrected chi connectivity index (χ2v) is 6.09. The fourth-order valence-corrected chi connectivity index (χ4v) is 3.26. The van der Waals surface area contributed by atoms with Gasteiger partial charge in [-0.05, 0) is 38.0 Å². The Balaban J connectivity index is 1.90. The summed E-state index contributed by atoms with van der Waals surface area (Å²) in [6, 6.07) is 0. The third-order valence-corrected chi connectivity index (χ3v) is 4.73. The van der Waals surface area contributed by atoms with E-state index in [1.54, 1.807) is 7.11 Å².